The molecule has 0 aliphatic carbocycles. The summed E-state index contributed by atoms with van der Waals surface area (Å²) >= 11 is 0. The third-order valence-corrected chi connectivity index (χ3v) is 5.49. The lowest BCUT2D eigenvalue weighted by Gasteiger charge is -2.37. The largest absolute Gasteiger partial charge is 0.487 e. The van der Waals surface area contributed by atoms with Crippen molar-refractivity contribution in [1.29, 1.82) is 0 Å². The Morgan fingerprint density at radius 3 is 2.67 bits per heavy atom. The van der Waals surface area contributed by atoms with Crippen LogP contribution in [0.5, 0.6) is 5.75 Å². The molecule has 4 nitrogen and oxygen atoms in total. The van der Waals surface area contributed by atoms with Crippen LogP contribution in [-0.4, -0.2) is 14.0 Å². The number of sulfonamides is 1. The van der Waals surface area contributed by atoms with Crippen molar-refractivity contribution in [3.05, 3.63) is 65.2 Å². The van der Waals surface area contributed by atoms with Crippen molar-refractivity contribution < 1.29 is 13.2 Å². The first-order valence-electron chi connectivity index (χ1n) is 8.08. The van der Waals surface area contributed by atoms with Gasteiger partial charge in [-0.15, -0.1) is 0 Å². The zero-order valence-corrected chi connectivity index (χ0v) is 15.1. The Labute approximate surface area is 143 Å². The number of aryl methyl sites for hydroxylation is 1. The van der Waals surface area contributed by atoms with E-state index in [0.717, 1.165) is 22.4 Å². The molecular weight excluding hydrogens is 322 g/mol. The summed E-state index contributed by atoms with van der Waals surface area (Å²) in [6, 6.07) is 14.9. The molecule has 0 radical (unpaired) electrons. The van der Waals surface area contributed by atoms with E-state index in [9.17, 15) is 8.42 Å². The number of rotatable bonds is 4. The third-order valence-electron chi connectivity index (χ3n) is 4.14. The molecule has 128 valence electrons. The van der Waals surface area contributed by atoms with Crippen LogP contribution in [0.1, 0.15) is 43.0 Å². The second kappa shape index (κ2) is 6.22. The molecule has 0 aromatic heterocycles. The van der Waals surface area contributed by atoms with Gasteiger partial charge in [0.05, 0.1) is 11.8 Å². The van der Waals surface area contributed by atoms with Crippen LogP contribution < -0.4 is 9.46 Å². The topological polar surface area (TPSA) is 55.4 Å². The Balaban J connectivity index is 1.84. The maximum absolute atomic E-state index is 12.6. The summed E-state index contributed by atoms with van der Waals surface area (Å²) in [5, 5.41) is 0. The van der Waals surface area contributed by atoms with Crippen LogP contribution in [0.3, 0.4) is 0 Å². The van der Waals surface area contributed by atoms with Gasteiger partial charge in [-0.25, -0.2) is 13.1 Å². The predicted octanol–water partition coefficient (Wildman–Crippen LogP) is 3.72. The Kier molecular flexibility index (Phi) is 4.40. The van der Waals surface area contributed by atoms with Gasteiger partial charge in [0.25, 0.3) is 0 Å². The molecule has 1 unspecified atom stereocenters. The van der Waals surface area contributed by atoms with E-state index in [1.165, 1.54) is 0 Å². The fourth-order valence-corrected chi connectivity index (χ4v) is 4.53. The molecule has 0 fully saturated rings. The van der Waals surface area contributed by atoms with E-state index in [0.29, 0.717) is 6.42 Å². The summed E-state index contributed by atoms with van der Waals surface area (Å²) in [5.74, 6) is 0.728. The Morgan fingerprint density at radius 1 is 1.17 bits per heavy atom. The van der Waals surface area contributed by atoms with E-state index in [1.807, 2.05) is 69.3 Å². The van der Waals surface area contributed by atoms with Crippen molar-refractivity contribution in [1.82, 2.24) is 4.72 Å². The molecule has 1 heterocycles. The Hall–Kier alpha value is -1.85. The number of fused-ring (bicyclic) bond motifs is 1. The van der Waals surface area contributed by atoms with E-state index in [4.69, 9.17) is 4.74 Å². The maximum atomic E-state index is 12.6. The SMILES string of the molecule is Cc1cccc(CS(=O)(=O)NC2CC(C)(C)Oc3ccccc32)c1. The number of benzene rings is 2. The number of ether oxygens (including phenoxy) is 1. The fraction of sp³-hybridized carbons (Fsp3) is 0.368. The highest BCUT2D eigenvalue weighted by molar-refractivity contribution is 7.88. The van der Waals surface area contributed by atoms with Crippen molar-refractivity contribution in [2.45, 2.75) is 44.6 Å². The number of nitrogens with one attached hydrogen (secondary N) is 1. The second-order valence-corrected chi connectivity index (χ2v) is 8.78. The molecule has 2 aromatic rings. The highest BCUT2D eigenvalue weighted by atomic mass is 32.2. The lowest BCUT2D eigenvalue weighted by Crippen LogP contribution is -2.41. The minimum atomic E-state index is -3.45. The molecule has 0 saturated carbocycles. The van der Waals surface area contributed by atoms with E-state index in [-0.39, 0.29) is 11.8 Å². The number of para-hydroxylation sites is 1. The highest BCUT2D eigenvalue weighted by Gasteiger charge is 2.35. The molecule has 1 atom stereocenters. The van der Waals surface area contributed by atoms with Gasteiger partial charge in [0, 0.05) is 12.0 Å². The van der Waals surface area contributed by atoms with Gasteiger partial charge >= 0.3 is 0 Å². The lowest BCUT2D eigenvalue weighted by molar-refractivity contribution is 0.0702. The average molecular weight is 345 g/mol. The zero-order valence-electron chi connectivity index (χ0n) is 14.2. The average Bonchev–Trinajstić information content (AvgIpc) is 2.45. The quantitative estimate of drug-likeness (QED) is 0.919. The molecule has 24 heavy (non-hydrogen) atoms. The Morgan fingerprint density at radius 2 is 1.92 bits per heavy atom. The standard InChI is InChI=1S/C19H23NO3S/c1-14-7-6-8-15(11-14)13-24(21,22)20-17-12-19(2,3)23-18-10-5-4-9-16(17)18/h4-11,17,20H,12-13H2,1-3H3. The summed E-state index contributed by atoms with van der Waals surface area (Å²) in [6.07, 6.45) is 0.594. The Bertz CT molecular complexity index is 843. The van der Waals surface area contributed by atoms with Crippen LogP contribution in [0.25, 0.3) is 0 Å². The van der Waals surface area contributed by atoms with Crippen LogP contribution >= 0.6 is 0 Å². The first kappa shape index (κ1) is 17.0. The van der Waals surface area contributed by atoms with Gasteiger partial charge in [0.1, 0.15) is 11.4 Å². The molecule has 1 aliphatic rings. The molecule has 0 saturated heterocycles. The minimum Gasteiger partial charge on any atom is -0.487 e. The van der Waals surface area contributed by atoms with Gasteiger partial charge < -0.3 is 4.74 Å². The molecule has 2 aromatic carbocycles. The van der Waals surface area contributed by atoms with Crippen LogP contribution in [0, 0.1) is 6.92 Å². The van der Waals surface area contributed by atoms with Crippen molar-refractivity contribution in [3.63, 3.8) is 0 Å². The smallest absolute Gasteiger partial charge is 0.216 e. The predicted molar refractivity (Wildman–Crippen MR) is 95.4 cm³/mol. The van der Waals surface area contributed by atoms with Crippen LogP contribution in [-0.2, 0) is 15.8 Å². The van der Waals surface area contributed by atoms with Crippen LogP contribution in [0.4, 0.5) is 0 Å². The van der Waals surface area contributed by atoms with Crippen molar-refractivity contribution in [2.24, 2.45) is 0 Å². The molecular formula is C19H23NO3S. The molecule has 1 N–H and O–H groups in total. The summed E-state index contributed by atoms with van der Waals surface area (Å²) < 4.78 is 34.1. The van der Waals surface area contributed by atoms with Gasteiger partial charge in [-0.05, 0) is 32.4 Å². The fourth-order valence-electron chi connectivity index (χ4n) is 3.19. The summed E-state index contributed by atoms with van der Waals surface area (Å²) in [7, 11) is -3.45. The van der Waals surface area contributed by atoms with E-state index < -0.39 is 15.6 Å². The van der Waals surface area contributed by atoms with Gasteiger partial charge in [-0.3, -0.25) is 0 Å². The summed E-state index contributed by atoms with van der Waals surface area (Å²) in [5.41, 5.74) is 2.33. The van der Waals surface area contributed by atoms with Crippen molar-refractivity contribution in [3.8, 4) is 5.75 Å². The number of hydrogen-bond donors (Lipinski definition) is 1. The van der Waals surface area contributed by atoms with Gasteiger partial charge in [-0.2, -0.15) is 0 Å². The maximum Gasteiger partial charge on any atom is 0.216 e. The zero-order chi connectivity index (χ0) is 17.4. The van der Waals surface area contributed by atoms with Gasteiger partial charge in [-0.1, -0.05) is 48.0 Å². The van der Waals surface area contributed by atoms with Crippen molar-refractivity contribution >= 4 is 10.0 Å². The van der Waals surface area contributed by atoms with Crippen molar-refractivity contribution in [2.75, 3.05) is 0 Å². The molecule has 0 amide bonds. The molecule has 0 bridgehead atoms. The normalized spacial score (nSPS) is 19.4. The molecule has 1 aliphatic heterocycles. The molecule has 0 spiro atoms. The summed E-state index contributed by atoms with van der Waals surface area (Å²) in [6.45, 7) is 5.91. The van der Waals surface area contributed by atoms with Gasteiger partial charge in [0.2, 0.25) is 10.0 Å². The summed E-state index contributed by atoms with van der Waals surface area (Å²) in [4.78, 5) is 0. The minimum absolute atomic E-state index is 0.0192. The van der Waals surface area contributed by atoms with E-state index in [2.05, 4.69) is 4.72 Å². The monoisotopic (exact) mass is 345 g/mol. The third kappa shape index (κ3) is 3.97. The number of hydrogen-bond acceptors (Lipinski definition) is 3. The highest BCUT2D eigenvalue weighted by Crippen LogP contribution is 2.39. The van der Waals surface area contributed by atoms with Gasteiger partial charge in [0.15, 0.2) is 0 Å². The second-order valence-electron chi connectivity index (χ2n) is 7.02. The first-order chi connectivity index (χ1) is 11.2. The van der Waals surface area contributed by atoms with Crippen LogP contribution in [0.15, 0.2) is 48.5 Å². The first-order valence-corrected chi connectivity index (χ1v) is 9.73. The van der Waals surface area contributed by atoms with E-state index >= 15 is 0 Å². The lowest BCUT2D eigenvalue weighted by atomic mass is 9.90. The molecule has 5 heteroatoms. The van der Waals surface area contributed by atoms with E-state index in [1.54, 1.807) is 0 Å². The van der Waals surface area contributed by atoms with Crippen LogP contribution in [0.2, 0.25) is 0 Å². The molecule has 3 rings (SSSR count).